The maximum atomic E-state index is 11.8. The number of halogens is 2. The van der Waals surface area contributed by atoms with Crippen LogP contribution in [0.5, 0.6) is 0 Å². The van der Waals surface area contributed by atoms with Gasteiger partial charge in [-0.1, -0.05) is 30.1 Å². The van der Waals surface area contributed by atoms with Gasteiger partial charge >= 0.3 is 0 Å². The van der Waals surface area contributed by atoms with Crippen LogP contribution in [0.15, 0.2) is 6.07 Å². The van der Waals surface area contributed by atoms with Crippen molar-refractivity contribution in [3.05, 3.63) is 21.9 Å². The normalized spacial score (nSPS) is 23.7. The van der Waals surface area contributed by atoms with Crippen LogP contribution in [0.25, 0.3) is 0 Å². The average molecular weight is 260 g/mol. The van der Waals surface area contributed by atoms with Crippen molar-refractivity contribution in [3.8, 4) is 0 Å². The second kappa shape index (κ2) is 4.55. The molecule has 1 heterocycles. The summed E-state index contributed by atoms with van der Waals surface area (Å²) in [5.41, 5.74) is 0.279. The summed E-state index contributed by atoms with van der Waals surface area (Å²) < 4.78 is 0. The zero-order valence-corrected chi connectivity index (χ0v) is 10.2. The van der Waals surface area contributed by atoms with Crippen molar-refractivity contribution in [1.29, 1.82) is 0 Å². The van der Waals surface area contributed by atoms with Gasteiger partial charge in [-0.2, -0.15) is 0 Å². The summed E-state index contributed by atoms with van der Waals surface area (Å²) in [5, 5.41) is 10.3. The number of hydrogen-bond acceptors (Lipinski definition) is 3. The molecule has 86 valence electrons. The lowest BCUT2D eigenvalue weighted by Crippen LogP contribution is -2.43. The Kier molecular flexibility index (Phi) is 3.30. The van der Waals surface area contributed by atoms with Crippen LogP contribution >= 0.6 is 23.2 Å². The third-order valence-corrected chi connectivity index (χ3v) is 3.14. The van der Waals surface area contributed by atoms with Crippen LogP contribution in [0, 0.1) is 5.92 Å². The molecule has 0 aromatic carbocycles. The van der Waals surface area contributed by atoms with E-state index in [2.05, 4.69) is 22.4 Å². The van der Waals surface area contributed by atoms with Gasteiger partial charge in [0.2, 0.25) is 0 Å². The lowest BCUT2D eigenvalue weighted by molar-refractivity contribution is 0.0895. The largest absolute Gasteiger partial charge is 0.349 e. The van der Waals surface area contributed by atoms with Gasteiger partial charge in [-0.3, -0.25) is 4.79 Å². The second-order valence-corrected chi connectivity index (χ2v) is 4.86. The maximum Gasteiger partial charge on any atom is 0.254 e. The number of rotatable bonds is 2. The highest BCUT2D eigenvalue weighted by Gasteiger charge is 2.27. The Bertz CT molecular complexity index is 419. The summed E-state index contributed by atoms with van der Waals surface area (Å²) in [4.78, 5) is 11.8. The van der Waals surface area contributed by atoms with Gasteiger partial charge in [0.1, 0.15) is 0 Å². The zero-order chi connectivity index (χ0) is 11.7. The topological polar surface area (TPSA) is 54.9 Å². The Morgan fingerprint density at radius 1 is 1.44 bits per heavy atom. The van der Waals surface area contributed by atoms with E-state index in [9.17, 15) is 4.79 Å². The minimum atomic E-state index is -0.237. The SMILES string of the molecule is CC1CC(NC(=O)c2cc(Cl)nnc2Cl)C1. The molecule has 1 saturated carbocycles. The highest BCUT2D eigenvalue weighted by Crippen LogP contribution is 2.27. The van der Waals surface area contributed by atoms with E-state index in [0.29, 0.717) is 5.92 Å². The van der Waals surface area contributed by atoms with E-state index in [1.54, 1.807) is 0 Å². The summed E-state index contributed by atoms with van der Waals surface area (Å²) >= 11 is 11.4. The molecule has 0 saturated heterocycles. The van der Waals surface area contributed by atoms with E-state index < -0.39 is 0 Å². The van der Waals surface area contributed by atoms with E-state index in [0.717, 1.165) is 12.8 Å². The van der Waals surface area contributed by atoms with Gasteiger partial charge in [-0.05, 0) is 24.8 Å². The van der Waals surface area contributed by atoms with Crippen molar-refractivity contribution in [2.45, 2.75) is 25.8 Å². The number of aromatic nitrogens is 2. The lowest BCUT2D eigenvalue weighted by Gasteiger charge is -2.33. The first-order chi connectivity index (χ1) is 7.56. The molecule has 1 amide bonds. The molecule has 0 radical (unpaired) electrons. The minimum Gasteiger partial charge on any atom is -0.349 e. The van der Waals surface area contributed by atoms with E-state index in [-0.39, 0.29) is 27.8 Å². The van der Waals surface area contributed by atoms with Gasteiger partial charge in [0.15, 0.2) is 10.3 Å². The van der Waals surface area contributed by atoms with Crippen LogP contribution < -0.4 is 5.32 Å². The van der Waals surface area contributed by atoms with E-state index in [4.69, 9.17) is 23.2 Å². The minimum absolute atomic E-state index is 0.0780. The summed E-state index contributed by atoms with van der Waals surface area (Å²) in [6.07, 6.45) is 2.02. The summed E-state index contributed by atoms with van der Waals surface area (Å²) in [5.74, 6) is 0.443. The number of amides is 1. The van der Waals surface area contributed by atoms with Gasteiger partial charge < -0.3 is 5.32 Å². The van der Waals surface area contributed by atoms with Gasteiger partial charge in [0.25, 0.3) is 5.91 Å². The van der Waals surface area contributed by atoms with E-state index in [1.807, 2.05) is 0 Å². The molecule has 1 fully saturated rings. The molecular formula is C10H11Cl2N3O. The Morgan fingerprint density at radius 2 is 2.12 bits per heavy atom. The molecule has 1 aliphatic carbocycles. The molecule has 0 aliphatic heterocycles. The Balaban J connectivity index is 2.05. The molecule has 1 N–H and O–H groups in total. The molecule has 1 aromatic heterocycles. The first-order valence-corrected chi connectivity index (χ1v) is 5.81. The number of hydrogen-bond donors (Lipinski definition) is 1. The number of carbonyl (C=O) groups is 1. The van der Waals surface area contributed by atoms with Crippen molar-refractivity contribution in [2.24, 2.45) is 5.92 Å². The van der Waals surface area contributed by atoms with Crippen LogP contribution in [0.1, 0.15) is 30.1 Å². The summed E-state index contributed by atoms with van der Waals surface area (Å²) in [6.45, 7) is 2.15. The molecule has 6 heteroatoms. The fourth-order valence-electron chi connectivity index (χ4n) is 1.80. The van der Waals surface area contributed by atoms with Gasteiger partial charge in [-0.15, -0.1) is 10.2 Å². The van der Waals surface area contributed by atoms with Gasteiger partial charge in [-0.25, -0.2) is 0 Å². The van der Waals surface area contributed by atoms with E-state index >= 15 is 0 Å². The van der Waals surface area contributed by atoms with Gasteiger partial charge in [0, 0.05) is 6.04 Å². The third kappa shape index (κ3) is 2.44. The number of carbonyl (C=O) groups excluding carboxylic acids is 1. The first-order valence-electron chi connectivity index (χ1n) is 5.06. The van der Waals surface area contributed by atoms with Crippen molar-refractivity contribution >= 4 is 29.1 Å². The second-order valence-electron chi connectivity index (χ2n) is 4.12. The standard InChI is InChI=1S/C10H11Cl2N3O/c1-5-2-6(3-5)13-10(16)7-4-8(11)14-15-9(7)12/h4-6H,2-3H2,1H3,(H,13,16). The smallest absolute Gasteiger partial charge is 0.254 e. The molecule has 4 nitrogen and oxygen atoms in total. The van der Waals surface area contributed by atoms with Crippen LogP contribution in [-0.2, 0) is 0 Å². The molecule has 16 heavy (non-hydrogen) atoms. The molecule has 1 aliphatic rings. The average Bonchev–Trinajstić information content (AvgIpc) is 2.19. The Hall–Kier alpha value is -0.870. The Labute approximate surface area is 103 Å². The first kappa shape index (κ1) is 11.6. The van der Waals surface area contributed by atoms with Crippen LogP contribution in [0.2, 0.25) is 10.3 Å². The fourth-order valence-corrected chi connectivity index (χ4v) is 2.12. The van der Waals surface area contributed by atoms with Crippen molar-refractivity contribution in [3.63, 3.8) is 0 Å². The monoisotopic (exact) mass is 259 g/mol. The number of nitrogens with zero attached hydrogens (tertiary/aromatic N) is 2. The molecule has 1 aromatic rings. The quantitative estimate of drug-likeness (QED) is 0.887. The highest BCUT2D eigenvalue weighted by molar-refractivity contribution is 6.34. The Morgan fingerprint density at radius 3 is 2.75 bits per heavy atom. The molecule has 0 bridgehead atoms. The zero-order valence-electron chi connectivity index (χ0n) is 8.70. The summed E-state index contributed by atoms with van der Waals surface area (Å²) in [6, 6.07) is 1.67. The summed E-state index contributed by atoms with van der Waals surface area (Å²) in [7, 11) is 0. The van der Waals surface area contributed by atoms with Crippen LogP contribution in [0.3, 0.4) is 0 Å². The van der Waals surface area contributed by atoms with Crippen molar-refractivity contribution in [2.75, 3.05) is 0 Å². The predicted octanol–water partition coefficient (Wildman–Crippen LogP) is 2.31. The van der Waals surface area contributed by atoms with Crippen LogP contribution in [0.4, 0.5) is 0 Å². The molecule has 0 unspecified atom stereocenters. The lowest BCUT2D eigenvalue weighted by atomic mass is 9.82. The van der Waals surface area contributed by atoms with Crippen molar-refractivity contribution in [1.82, 2.24) is 15.5 Å². The van der Waals surface area contributed by atoms with Crippen molar-refractivity contribution < 1.29 is 4.79 Å². The van der Waals surface area contributed by atoms with E-state index in [1.165, 1.54) is 6.07 Å². The maximum absolute atomic E-state index is 11.8. The molecule has 2 rings (SSSR count). The van der Waals surface area contributed by atoms with Gasteiger partial charge in [0.05, 0.1) is 5.56 Å². The van der Waals surface area contributed by atoms with Crippen LogP contribution in [-0.4, -0.2) is 22.1 Å². The molecule has 0 spiro atoms. The molecular weight excluding hydrogens is 249 g/mol. The predicted molar refractivity (Wildman–Crippen MR) is 61.7 cm³/mol. The number of nitrogens with one attached hydrogen (secondary N) is 1. The third-order valence-electron chi connectivity index (χ3n) is 2.67. The molecule has 0 atom stereocenters. The fraction of sp³-hybridized carbons (Fsp3) is 0.500. The highest BCUT2D eigenvalue weighted by atomic mass is 35.5.